The molecular formula is C13H17N3O4. The summed E-state index contributed by atoms with van der Waals surface area (Å²) < 4.78 is 4.93. The Hall–Kier alpha value is -2.18. The first-order chi connectivity index (χ1) is 9.58. The summed E-state index contributed by atoms with van der Waals surface area (Å²) in [5.74, 6) is -1.32. The predicted molar refractivity (Wildman–Crippen MR) is 68.7 cm³/mol. The zero-order valence-corrected chi connectivity index (χ0v) is 11.2. The topological polar surface area (TPSA) is 105 Å². The second-order valence-electron chi connectivity index (χ2n) is 4.77. The number of nitrogens with one attached hydrogen (secondary N) is 1. The van der Waals surface area contributed by atoms with Crippen molar-refractivity contribution in [1.29, 1.82) is 0 Å². The fourth-order valence-electron chi connectivity index (χ4n) is 2.24. The molecule has 0 fully saturated rings. The minimum atomic E-state index is -0.929. The molecule has 20 heavy (non-hydrogen) atoms. The lowest BCUT2D eigenvalue weighted by molar-refractivity contribution is -0.147. The first kappa shape index (κ1) is 14.2. The SMILES string of the molecule is Cc1noc(CCNC(=O)[C@@H]2CC=CC[C@@H]2C(=O)O)n1. The molecule has 7 nitrogen and oxygen atoms in total. The molecule has 7 heteroatoms. The summed E-state index contributed by atoms with van der Waals surface area (Å²) in [5, 5.41) is 15.5. The van der Waals surface area contributed by atoms with Crippen molar-refractivity contribution in [3.63, 3.8) is 0 Å². The van der Waals surface area contributed by atoms with E-state index < -0.39 is 17.8 Å². The van der Waals surface area contributed by atoms with Gasteiger partial charge in [-0.2, -0.15) is 4.98 Å². The van der Waals surface area contributed by atoms with E-state index in [0.717, 1.165) is 0 Å². The van der Waals surface area contributed by atoms with Crippen LogP contribution < -0.4 is 5.32 Å². The van der Waals surface area contributed by atoms with Gasteiger partial charge in [0, 0.05) is 13.0 Å². The monoisotopic (exact) mass is 279 g/mol. The molecule has 0 radical (unpaired) electrons. The number of rotatable bonds is 5. The van der Waals surface area contributed by atoms with Crippen LogP contribution in [0.2, 0.25) is 0 Å². The maximum atomic E-state index is 12.0. The van der Waals surface area contributed by atoms with Gasteiger partial charge in [-0.05, 0) is 19.8 Å². The number of nitrogens with zero attached hydrogens (tertiary/aromatic N) is 2. The van der Waals surface area contributed by atoms with Gasteiger partial charge in [-0.3, -0.25) is 9.59 Å². The van der Waals surface area contributed by atoms with Gasteiger partial charge in [0.05, 0.1) is 11.8 Å². The summed E-state index contributed by atoms with van der Waals surface area (Å²) in [6.07, 6.45) is 4.96. The van der Waals surface area contributed by atoms with E-state index in [4.69, 9.17) is 9.63 Å². The van der Waals surface area contributed by atoms with E-state index in [0.29, 0.717) is 37.5 Å². The van der Waals surface area contributed by atoms with Crippen LogP contribution in [0.15, 0.2) is 16.7 Å². The molecule has 108 valence electrons. The number of aryl methyl sites for hydroxylation is 1. The van der Waals surface area contributed by atoms with E-state index in [1.807, 2.05) is 12.2 Å². The first-order valence-electron chi connectivity index (χ1n) is 6.52. The van der Waals surface area contributed by atoms with Crippen LogP contribution in [0.25, 0.3) is 0 Å². The highest BCUT2D eigenvalue weighted by Crippen LogP contribution is 2.25. The Balaban J connectivity index is 1.84. The Morgan fingerprint density at radius 3 is 2.70 bits per heavy atom. The van der Waals surface area contributed by atoms with Crippen LogP contribution in [-0.4, -0.2) is 33.7 Å². The molecule has 0 saturated heterocycles. The lowest BCUT2D eigenvalue weighted by Gasteiger charge is -2.24. The number of allylic oxidation sites excluding steroid dienone is 2. The molecule has 1 aliphatic carbocycles. The highest BCUT2D eigenvalue weighted by atomic mass is 16.5. The van der Waals surface area contributed by atoms with Gasteiger partial charge in [0.2, 0.25) is 11.8 Å². The van der Waals surface area contributed by atoms with Crippen molar-refractivity contribution in [2.45, 2.75) is 26.2 Å². The number of carboxylic acids is 1. The zero-order chi connectivity index (χ0) is 14.5. The second-order valence-corrected chi connectivity index (χ2v) is 4.77. The summed E-state index contributed by atoms with van der Waals surface area (Å²) in [5.41, 5.74) is 0. The first-order valence-corrected chi connectivity index (χ1v) is 6.52. The number of hydrogen-bond donors (Lipinski definition) is 2. The molecule has 1 amide bonds. The van der Waals surface area contributed by atoms with Crippen molar-refractivity contribution in [2.75, 3.05) is 6.54 Å². The molecule has 0 aliphatic heterocycles. The van der Waals surface area contributed by atoms with Crippen LogP contribution in [0.4, 0.5) is 0 Å². The van der Waals surface area contributed by atoms with E-state index in [9.17, 15) is 9.59 Å². The van der Waals surface area contributed by atoms with Gasteiger partial charge in [-0.25, -0.2) is 0 Å². The summed E-state index contributed by atoms with van der Waals surface area (Å²) in [7, 11) is 0. The highest BCUT2D eigenvalue weighted by molar-refractivity contribution is 5.85. The lowest BCUT2D eigenvalue weighted by atomic mass is 9.82. The van der Waals surface area contributed by atoms with E-state index in [1.54, 1.807) is 6.92 Å². The minimum absolute atomic E-state index is 0.238. The zero-order valence-electron chi connectivity index (χ0n) is 11.2. The molecule has 1 aliphatic rings. The molecular weight excluding hydrogens is 262 g/mol. The third-order valence-corrected chi connectivity index (χ3v) is 3.29. The van der Waals surface area contributed by atoms with Crippen LogP contribution in [0.3, 0.4) is 0 Å². The normalized spacial score (nSPS) is 21.6. The number of aromatic nitrogens is 2. The third-order valence-electron chi connectivity index (χ3n) is 3.29. The van der Waals surface area contributed by atoms with E-state index >= 15 is 0 Å². The number of hydrogen-bond acceptors (Lipinski definition) is 5. The van der Waals surface area contributed by atoms with Gasteiger partial charge in [-0.1, -0.05) is 17.3 Å². The fraction of sp³-hybridized carbons (Fsp3) is 0.538. The van der Waals surface area contributed by atoms with Crippen molar-refractivity contribution in [3.05, 3.63) is 23.9 Å². The van der Waals surface area contributed by atoms with Crippen LogP contribution in [0.5, 0.6) is 0 Å². The smallest absolute Gasteiger partial charge is 0.307 e. The Morgan fingerprint density at radius 2 is 2.10 bits per heavy atom. The molecule has 1 aromatic heterocycles. The van der Waals surface area contributed by atoms with Crippen molar-refractivity contribution in [3.8, 4) is 0 Å². The van der Waals surface area contributed by atoms with E-state index in [2.05, 4.69) is 15.5 Å². The van der Waals surface area contributed by atoms with E-state index in [-0.39, 0.29) is 5.91 Å². The van der Waals surface area contributed by atoms with Gasteiger partial charge in [0.1, 0.15) is 0 Å². The number of amides is 1. The van der Waals surface area contributed by atoms with Crippen LogP contribution in [0.1, 0.15) is 24.6 Å². The molecule has 1 heterocycles. The lowest BCUT2D eigenvalue weighted by Crippen LogP contribution is -2.39. The fourth-order valence-corrected chi connectivity index (χ4v) is 2.24. The van der Waals surface area contributed by atoms with E-state index in [1.165, 1.54) is 0 Å². The van der Waals surface area contributed by atoms with Crippen LogP contribution >= 0.6 is 0 Å². The van der Waals surface area contributed by atoms with Gasteiger partial charge in [0.25, 0.3) is 0 Å². The average molecular weight is 279 g/mol. The second kappa shape index (κ2) is 6.31. The van der Waals surface area contributed by atoms with Crippen LogP contribution in [0, 0.1) is 18.8 Å². The largest absolute Gasteiger partial charge is 0.481 e. The molecule has 1 aromatic rings. The maximum absolute atomic E-state index is 12.0. The molecule has 0 unspecified atom stereocenters. The van der Waals surface area contributed by atoms with Gasteiger partial charge in [0.15, 0.2) is 5.82 Å². The maximum Gasteiger partial charge on any atom is 0.307 e. The number of carbonyl (C=O) groups excluding carboxylic acids is 1. The Bertz CT molecular complexity index is 523. The van der Waals surface area contributed by atoms with Crippen LogP contribution in [-0.2, 0) is 16.0 Å². The Morgan fingerprint density at radius 1 is 1.40 bits per heavy atom. The molecule has 0 aromatic carbocycles. The number of aliphatic carboxylic acids is 1. The molecule has 2 N–H and O–H groups in total. The Kier molecular flexibility index (Phi) is 4.49. The van der Waals surface area contributed by atoms with Crippen molar-refractivity contribution < 1.29 is 19.2 Å². The van der Waals surface area contributed by atoms with Gasteiger partial charge < -0.3 is 14.9 Å². The van der Waals surface area contributed by atoms with Crippen molar-refractivity contribution >= 4 is 11.9 Å². The molecule has 2 rings (SSSR count). The summed E-state index contributed by atoms with van der Waals surface area (Å²) in [4.78, 5) is 27.2. The van der Waals surface area contributed by atoms with Crippen molar-refractivity contribution in [2.24, 2.45) is 11.8 Å². The predicted octanol–water partition coefficient (Wildman–Crippen LogP) is 0.704. The quantitative estimate of drug-likeness (QED) is 0.769. The Labute approximate surface area is 116 Å². The molecule has 2 atom stereocenters. The molecule has 0 saturated carbocycles. The summed E-state index contributed by atoms with van der Waals surface area (Å²) in [6, 6.07) is 0. The molecule has 0 spiro atoms. The van der Waals surface area contributed by atoms with Crippen molar-refractivity contribution in [1.82, 2.24) is 15.5 Å². The summed E-state index contributed by atoms with van der Waals surface area (Å²) in [6.45, 7) is 2.07. The number of carbonyl (C=O) groups is 2. The molecule has 0 bridgehead atoms. The highest BCUT2D eigenvalue weighted by Gasteiger charge is 2.33. The summed E-state index contributed by atoms with van der Waals surface area (Å²) >= 11 is 0. The van der Waals surface area contributed by atoms with Gasteiger partial charge >= 0.3 is 5.97 Å². The average Bonchev–Trinajstić information content (AvgIpc) is 2.84. The van der Waals surface area contributed by atoms with Gasteiger partial charge in [-0.15, -0.1) is 0 Å². The third kappa shape index (κ3) is 3.43. The minimum Gasteiger partial charge on any atom is -0.481 e. The standard InChI is InChI=1S/C13H17N3O4/c1-8-15-11(20-16-8)6-7-14-12(17)9-4-2-3-5-10(9)13(18)19/h2-3,9-10H,4-7H2,1H3,(H,14,17)(H,18,19)/t9-,10+/m1/s1. The number of carboxylic acid groups (broad SMARTS) is 1.